The van der Waals surface area contributed by atoms with Crippen LogP contribution in [0.3, 0.4) is 0 Å². The van der Waals surface area contributed by atoms with Gasteiger partial charge in [0.2, 0.25) is 0 Å². The summed E-state index contributed by atoms with van der Waals surface area (Å²) >= 11 is 12.5. The highest BCUT2D eigenvalue weighted by molar-refractivity contribution is 6.43. The van der Waals surface area contributed by atoms with Gasteiger partial charge in [-0.25, -0.2) is 4.98 Å². The van der Waals surface area contributed by atoms with Gasteiger partial charge in [-0.3, -0.25) is 9.36 Å². The zero-order chi connectivity index (χ0) is 25.1. The van der Waals surface area contributed by atoms with E-state index < -0.39 is 12.4 Å². The van der Waals surface area contributed by atoms with Crippen LogP contribution in [0.15, 0.2) is 47.3 Å². The number of piperidine rings is 1. The third-order valence-corrected chi connectivity index (χ3v) is 7.86. The fourth-order valence-electron chi connectivity index (χ4n) is 5.26. The lowest BCUT2D eigenvalue weighted by atomic mass is 9.73. The minimum Gasteiger partial charge on any atom is -0.356 e. The van der Waals surface area contributed by atoms with Crippen LogP contribution < -0.4 is 16.2 Å². The summed E-state index contributed by atoms with van der Waals surface area (Å²) in [7, 11) is 0. The average Bonchev–Trinajstić information content (AvgIpc) is 3.07. The highest BCUT2D eigenvalue weighted by Crippen LogP contribution is 2.51. The number of fused-ring (bicyclic) bond motifs is 1. The summed E-state index contributed by atoms with van der Waals surface area (Å²) in [4.78, 5) is 20.2. The second-order valence-electron chi connectivity index (χ2n) is 8.77. The van der Waals surface area contributed by atoms with Crippen molar-refractivity contribution in [3.05, 3.63) is 85.4 Å². The van der Waals surface area contributed by atoms with E-state index in [2.05, 4.69) is 17.1 Å². The van der Waals surface area contributed by atoms with Crippen LogP contribution in [-0.4, -0.2) is 22.6 Å². The van der Waals surface area contributed by atoms with E-state index in [4.69, 9.17) is 33.0 Å². The first kappa shape index (κ1) is 18.1. The number of aryl methyl sites for hydroxylation is 1. The summed E-state index contributed by atoms with van der Waals surface area (Å²) in [6.07, 6.45) is 2.48. The van der Waals surface area contributed by atoms with Crippen LogP contribution in [0.2, 0.25) is 10.0 Å². The van der Waals surface area contributed by atoms with E-state index in [9.17, 15) is 4.79 Å². The maximum Gasteiger partial charge on any atom is 0.263 e. The lowest BCUT2D eigenvalue weighted by Crippen LogP contribution is -2.45. The summed E-state index contributed by atoms with van der Waals surface area (Å²) in [5.74, 6) is 0.549. The van der Waals surface area contributed by atoms with Gasteiger partial charge >= 0.3 is 0 Å². The molecule has 32 heavy (non-hydrogen) atoms. The standard InChI is InChI=1S/C25H26Cl2N4O/c1-15-23(29-16(2)31(24(15)32)20-9-5-8-19(26)21(20)27)30-12-10-25(11-13-30)14-17-6-3-4-7-18(17)22(25)28/h3-9,22H,10-14,28H2,1-2H3/t22-/m0/s1/i1D3. The predicted molar refractivity (Wildman–Crippen MR) is 130 cm³/mol. The van der Waals surface area contributed by atoms with Gasteiger partial charge in [0, 0.05) is 23.2 Å². The molecule has 0 amide bonds. The largest absolute Gasteiger partial charge is 0.356 e. The molecular formula is C25H26Cl2N4O. The third-order valence-electron chi connectivity index (χ3n) is 7.06. The molecule has 7 heteroatoms. The molecule has 0 bridgehead atoms. The summed E-state index contributed by atoms with van der Waals surface area (Å²) < 4.78 is 25.7. The van der Waals surface area contributed by atoms with Crippen LogP contribution in [0.1, 0.15) is 45.5 Å². The monoisotopic (exact) mass is 471 g/mol. The van der Waals surface area contributed by atoms with Gasteiger partial charge in [-0.2, -0.15) is 0 Å². The SMILES string of the molecule is [2H]C([2H])([2H])c1c(N2CCC3(CC2)Cc2ccccc2[C@@H]3N)nc(C)n(-c2cccc(Cl)c2Cl)c1=O. The Bertz CT molecular complexity index is 1360. The number of hydrogen-bond donors (Lipinski definition) is 1. The molecule has 1 aliphatic heterocycles. The number of nitrogens with zero attached hydrogens (tertiary/aromatic N) is 3. The molecule has 5 rings (SSSR count). The first-order valence-electron chi connectivity index (χ1n) is 12.2. The van der Waals surface area contributed by atoms with Crippen molar-refractivity contribution in [2.45, 2.75) is 39.1 Å². The van der Waals surface area contributed by atoms with E-state index in [-0.39, 0.29) is 32.9 Å². The molecule has 0 unspecified atom stereocenters. The Hall–Kier alpha value is -2.34. The van der Waals surface area contributed by atoms with Gasteiger partial charge in [-0.1, -0.05) is 53.5 Å². The molecule has 2 aromatic carbocycles. The topological polar surface area (TPSA) is 64.2 Å². The molecule has 2 heterocycles. The fraction of sp³-hybridized carbons (Fsp3) is 0.360. The summed E-state index contributed by atoms with van der Waals surface area (Å²) in [5, 5.41) is 0.435. The second-order valence-corrected chi connectivity index (χ2v) is 9.56. The van der Waals surface area contributed by atoms with Crippen molar-refractivity contribution in [1.82, 2.24) is 9.55 Å². The number of nitrogens with two attached hydrogens (primary N) is 1. The Balaban J connectivity index is 1.53. The van der Waals surface area contributed by atoms with Crippen LogP contribution in [0.4, 0.5) is 5.82 Å². The Morgan fingerprint density at radius 1 is 1.16 bits per heavy atom. The Labute approximate surface area is 202 Å². The number of halogens is 2. The molecule has 1 aliphatic carbocycles. The zero-order valence-electron chi connectivity index (χ0n) is 20.7. The summed E-state index contributed by atoms with van der Waals surface area (Å²) in [6, 6.07) is 13.1. The molecule has 0 radical (unpaired) electrons. The van der Waals surface area contributed by atoms with Gasteiger partial charge in [0.15, 0.2) is 0 Å². The van der Waals surface area contributed by atoms with Crippen LogP contribution >= 0.6 is 23.2 Å². The predicted octanol–water partition coefficient (Wildman–Crippen LogP) is 5.00. The van der Waals surface area contributed by atoms with Crippen molar-refractivity contribution < 1.29 is 4.11 Å². The smallest absolute Gasteiger partial charge is 0.263 e. The molecule has 166 valence electrons. The van der Waals surface area contributed by atoms with Crippen LogP contribution in [0.25, 0.3) is 5.69 Å². The third kappa shape index (κ3) is 3.26. The normalized spacial score (nSPS) is 21.2. The van der Waals surface area contributed by atoms with E-state index in [1.165, 1.54) is 15.7 Å². The lowest BCUT2D eigenvalue weighted by Gasteiger charge is -2.43. The summed E-state index contributed by atoms with van der Waals surface area (Å²) in [6.45, 7) is 0.145. The molecule has 1 fully saturated rings. The highest BCUT2D eigenvalue weighted by atomic mass is 35.5. The van der Waals surface area contributed by atoms with Crippen molar-refractivity contribution >= 4 is 29.0 Å². The van der Waals surface area contributed by atoms with Crippen molar-refractivity contribution in [1.29, 1.82) is 0 Å². The molecule has 2 N–H and O–H groups in total. The molecule has 1 saturated heterocycles. The van der Waals surface area contributed by atoms with Gasteiger partial charge in [-0.05, 0) is 61.7 Å². The quantitative estimate of drug-likeness (QED) is 0.570. The van der Waals surface area contributed by atoms with Crippen LogP contribution in [0.5, 0.6) is 0 Å². The number of hydrogen-bond acceptors (Lipinski definition) is 4. The van der Waals surface area contributed by atoms with Crippen LogP contribution in [-0.2, 0) is 6.42 Å². The number of rotatable bonds is 2. The van der Waals surface area contributed by atoms with Crippen molar-refractivity contribution in [2.24, 2.45) is 11.1 Å². The van der Waals surface area contributed by atoms with Crippen molar-refractivity contribution in [3.8, 4) is 5.69 Å². The molecule has 1 spiro atoms. The van der Waals surface area contributed by atoms with Gasteiger partial charge < -0.3 is 10.6 Å². The molecule has 0 saturated carbocycles. The molecule has 5 nitrogen and oxygen atoms in total. The zero-order valence-corrected chi connectivity index (χ0v) is 19.2. The van der Waals surface area contributed by atoms with Crippen molar-refractivity contribution in [2.75, 3.05) is 18.0 Å². The van der Waals surface area contributed by atoms with E-state index in [1.54, 1.807) is 25.1 Å². The Morgan fingerprint density at radius 3 is 2.62 bits per heavy atom. The number of benzene rings is 2. The molecule has 2 aliphatic rings. The van der Waals surface area contributed by atoms with E-state index >= 15 is 0 Å². The molecule has 3 aromatic rings. The van der Waals surface area contributed by atoms with E-state index in [0.29, 0.717) is 24.6 Å². The minimum atomic E-state index is -2.66. The maximum atomic E-state index is 13.6. The number of anilines is 1. The van der Waals surface area contributed by atoms with E-state index in [0.717, 1.165) is 19.3 Å². The van der Waals surface area contributed by atoms with Crippen LogP contribution in [0, 0.1) is 19.2 Å². The first-order chi connectivity index (χ1) is 16.5. The van der Waals surface area contributed by atoms with Crippen molar-refractivity contribution in [3.63, 3.8) is 0 Å². The highest BCUT2D eigenvalue weighted by Gasteiger charge is 2.46. The maximum absolute atomic E-state index is 13.6. The molecule has 1 atom stereocenters. The molecule has 1 aromatic heterocycles. The lowest BCUT2D eigenvalue weighted by molar-refractivity contribution is 0.187. The van der Waals surface area contributed by atoms with Gasteiger partial charge in [-0.15, -0.1) is 0 Å². The van der Waals surface area contributed by atoms with Gasteiger partial charge in [0.05, 0.1) is 21.3 Å². The first-order valence-corrected chi connectivity index (χ1v) is 11.5. The second kappa shape index (κ2) is 7.91. The summed E-state index contributed by atoms with van der Waals surface area (Å²) in [5.41, 5.74) is 8.43. The minimum absolute atomic E-state index is 0.0596. The average molecular weight is 472 g/mol. The molecular weight excluding hydrogens is 443 g/mol. The fourth-order valence-corrected chi connectivity index (χ4v) is 5.64. The van der Waals surface area contributed by atoms with E-state index in [1.807, 2.05) is 17.0 Å². The Morgan fingerprint density at radius 2 is 1.91 bits per heavy atom. The number of aromatic nitrogens is 2. The van der Waals surface area contributed by atoms with Gasteiger partial charge in [0.1, 0.15) is 11.6 Å². The Kier molecular flexibility index (Phi) is 4.48. The van der Waals surface area contributed by atoms with Gasteiger partial charge in [0.25, 0.3) is 5.56 Å².